The van der Waals surface area contributed by atoms with Crippen LogP contribution < -0.4 is 10.6 Å². The van der Waals surface area contributed by atoms with Crippen LogP contribution >= 0.6 is 0 Å². The van der Waals surface area contributed by atoms with Gasteiger partial charge >= 0.3 is 0 Å². The Balaban J connectivity index is 1.69. The quantitative estimate of drug-likeness (QED) is 0.605. The van der Waals surface area contributed by atoms with Gasteiger partial charge in [-0.2, -0.15) is 0 Å². The second kappa shape index (κ2) is 8.76. The minimum Gasteiger partial charge on any atom is -0.356 e. The Morgan fingerprint density at radius 1 is 0.958 bits per heavy atom. The van der Waals surface area contributed by atoms with E-state index in [1.807, 2.05) is 30.3 Å². The van der Waals surface area contributed by atoms with Gasteiger partial charge in [0.25, 0.3) is 0 Å². The molecule has 0 aliphatic heterocycles. The van der Waals surface area contributed by atoms with Gasteiger partial charge < -0.3 is 10.6 Å². The zero-order valence-electron chi connectivity index (χ0n) is 13.0. The number of carbonyl (C=O) groups is 2. The third-order valence-electron chi connectivity index (χ3n) is 3.33. The number of anilines is 1. The molecule has 2 aromatic carbocycles. The number of hydrogen-bond acceptors (Lipinski definition) is 2. The van der Waals surface area contributed by atoms with Crippen molar-refractivity contribution < 1.29 is 18.4 Å². The maximum absolute atomic E-state index is 13.4. The number of hydrogen-bond donors (Lipinski definition) is 2. The van der Waals surface area contributed by atoms with E-state index >= 15 is 0 Å². The van der Waals surface area contributed by atoms with Crippen molar-refractivity contribution in [2.75, 3.05) is 11.9 Å². The average molecular weight is 332 g/mol. The number of amides is 2. The first-order valence-electron chi connectivity index (χ1n) is 7.60. The largest absolute Gasteiger partial charge is 0.356 e. The predicted molar refractivity (Wildman–Crippen MR) is 87.4 cm³/mol. The van der Waals surface area contributed by atoms with Crippen LogP contribution in [0.5, 0.6) is 0 Å². The van der Waals surface area contributed by atoms with Crippen LogP contribution in [0.1, 0.15) is 18.4 Å². The summed E-state index contributed by atoms with van der Waals surface area (Å²) >= 11 is 0. The fourth-order valence-corrected chi connectivity index (χ4v) is 2.16. The summed E-state index contributed by atoms with van der Waals surface area (Å²) < 4.78 is 26.2. The molecule has 2 rings (SSSR count). The number of aryl methyl sites for hydroxylation is 1. The Hall–Kier alpha value is -2.76. The van der Waals surface area contributed by atoms with Crippen LogP contribution in [0.25, 0.3) is 0 Å². The van der Waals surface area contributed by atoms with Crippen LogP contribution in [0.3, 0.4) is 0 Å². The smallest absolute Gasteiger partial charge is 0.233 e. The highest BCUT2D eigenvalue weighted by Gasteiger charge is 2.12. The van der Waals surface area contributed by atoms with E-state index in [0.29, 0.717) is 12.6 Å². The van der Waals surface area contributed by atoms with Gasteiger partial charge in [0.05, 0.1) is 5.69 Å². The van der Waals surface area contributed by atoms with Gasteiger partial charge in [-0.15, -0.1) is 0 Å². The molecule has 24 heavy (non-hydrogen) atoms. The van der Waals surface area contributed by atoms with Gasteiger partial charge in [0.15, 0.2) is 0 Å². The SMILES string of the molecule is O=C(CC(=O)Nc1ccc(F)cc1F)NCCCc1ccccc1. The minimum absolute atomic E-state index is 0.154. The summed E-state index contributed by atoms with van der Waals surface area (Å²) in [4.78, 5) is 23.4. The van der Waals surface area contributed by atoms with Gasteiger partial charge in [-0.25, -0.2) is 8.78 Å². The molecular weight excluding hydrogens is 314 g/mol. The molecular formula is C18H18F2N2O2. The lowest BCUT2D eigenvalue weighted by Gasteiger charge is -2.07. The topological polar surface area (TPSA) is 58.2 Å². The van der Waals surface area contributed by atoms with E-state index in [0.717, 1.165) is 25.0 Å². The molecule has 126 valence electrons. The summed E-state index contributed by atoms with van der Waals surface area (Å²) in [6.07, 6.45) is 1.17. The highest BCUT2D eigenvalue weighted by molar-refractivity contribution is 6.03. The van der Waals surface area contributed by atoms with Crippen molar-refractivity contribution >= 4 is 17.5 Å². The summed E-state index contributed by atoms with van der Waals surface area (Å²) in [5.74, 6) is -2.71. The molecule has 0 saturated heterocycles. The lowest BCUT2D eigenvalue weighted by atomic mass is 10.1. The van der Waals surface area contributed by atoms with Gasteiger partial charge in [-0.3, -0.25) is 9.59 Å². The molecule has 0 heterocycles. The fourth-order valence-electron chi connectivity index (χ4n) is 2.16. The van der Waals surface area contributed by atoms with E-state index in [4.69, 9.17) is 0 Å². The monoisotopic (exact) mass is 332 g/mol. The van der Waals surface area contributed by atoms with E-state index in [1.54, 1.807) is 0 Å². The molecule has 0 aliphatic carbocycles. The third kappa shape index (κ3) is 5.79. The normalized spacial score (nSPS) is 10.2. The maximum atomic E-state index is 13.4. The first kappa shape index (κ1) is 17.6. The second-order valence-electron chi connectivity index (χ2n) is 5.29. The third-order valence-corrected chi connectivity index (χ3v) is 3.33. The van der Waals surface area contributed by atoms with Crippen LogP contribution in [0.2, 0.25) is 0 Å². The molecule has 6 heteroatoms. The van der Waals surface area contributed by atoms with E-state index in [1.165, 1.54) is 5.56 Å². The summed E-state index contributed by atoms with van der Waals surface area (Å²) in [6.45, 7) is 0.450. The highest BCUT2D eigenvalue weighted by atomic mass is 19.1. The van der Waals surface area contributed by atoms with Gasteiger partial charge in [0.1, 0.15) is 18.1 Å². The Labute approximate surface area is 138 Å². The van der Waals surface area contributed by atoms with E-state index in [-0.39, 0.29) is 5.69 Å². The van der Waals surface area contributed by atoms with Gasteiger partial charge in [-0.1, -0.05) is 30.3 Å². The number of carbonyl (C=O) groups excluding carboxylic acids is 2. The lowest BCUT2D eigenvalue weighted by Crippen LogP contribution is -2.29. The van der Waals surface area contributed by atoms with Crippen molar-refractivity contribution in [3.05, 3.63) is 65.7 Å². The molecule has 0 aromatic heterocycles. The Bertz CT molecular complexity index is 705. The van der Waals surface area contributed by atoms with E-state index < -0.39 is 29.9 Å². The zero-order chi connectivity index (χ0) is 17.4. The van der Waals surface area contributed by atoms with Crippen LogP contribution in [0.15, 0.2) is 48.5 Å². The zero-order valence-corrected chi connectivity index (χ0v) is 13.0. The Morgan fingerprint density at radius 2 is 1.71 bits per heavy atom. The van der Waals surface area contributed by atoms with Crippen LogP contribution in [0.4, 0.5) is 14.5 Å². The number of halogens is 2. The van der Waals surface area contributed by atoms with Crippen molar-refractivity contribution in [2.45, 2.75) is 19.3 Å². The number of rotatable bonds is 7. The molecule has 2 aromatic rings. The molecule has 2 N–H and O–H groups in total. The molecule has 0 saturated carbocycles. The molecule has 0 unspecified atom stereocenters. The first-order valence-corrected chi connectivity index (χ1v) is 7.60. The highest BCUT2D eigenvalue weighted by Crippen LogP contribution is 2.15. The maximum Gasteiger partial charge on any atom is 0.233 e. The summed E-state index contributed by atoms with van der Waals surface area (Å²) in [7, 11) is 0. The van der Waals surface area contributed by atoms with Crippen molar-refractivity contribution in [1.82, 2.24) is 5.32 Å². The van der Waals surface area contributed by atoms with Gasteiger partial charge in [0, 0.05) is 12.6 Å². The van der Waals surface area contributed by atoms with Gasteiger partial charge in [0.2, 0.25) is 11.8 Å². The van der Waals surface area contributed by atoms with Crippen molar-refractivity contribution in [1.29, 1.82) is 0 Å². The molecule has 0 fully saturated rings. The number of nitrogens with one attached hydrogen (secondary N) is 2. The van der Waals surface area contributed by atoms with Crippen molar-refractivity contribution in [3.8, 4) is 0 Å². The van der Waals surface area contributed by atoms with Crippen LogP contribution in [0, 0.1) is 11.6 Å². The molecule has 0 aliphatic rings. The summed E-state index contributed by atoms with van der Waals surface area (Å²) in [6, 6.07) is 12.7. The molecule has 2 amide bonds. The van der Waals surface area contributed by atoms with E-state index in [2.05, 4.69) is 10.6 Å². The Kier molecular flexibility index (Phi) is 6.42. The standard InChI is InChI=1S/C18H18F2N2O2/c19-14-8-9-16(15(20)11-14)22-18(24)12-17(23)21-10-4-7-13-5-2-1-3-6-13/h1-3,5-6,8-9,11H,4,7,10,12H2,(H,21,23)(H,22,24). The molecule has 0 bridgehead atoms. The predicted octanol–water partition coefficient (Wildman–Crippen LogP) is 3.04. The van der Waals surface area contributed by atoms with E-state index in [9.17, 15) is 18.4 Å². The van der Waals surface area contributed by atoms with Crippen molar-refractivity contribution in [3.63, 3.8) is 0 Å². The summed E-state index contributed by atoms with van der Waals surface area (Å²) in [5.41, 5.74) is 1.02. The second-order valence-corrected chi connectivity index (χ2v) is 5.29. The van der Waals surface area contributed by atoms with Crippen LogP contribution in [-0.2, 0) is 16.0 Å². The van der Waals surface area contributed by atoms with Gasteiger partial charge in [-0.05, 0) is 30.5 Å². The first-order chi connectivity index (χ1) is 11.5. The molecule has 0 spiro atoms. The minimum atomic E-state index is -0.883. The molecule has 0 atom stereocenters. The fraction of sp³-hybridized carbons (Fsp3) is 0.222. The summed E-state index contributed by atoms with van der Waals surface area (Å²) in [5, 5.41) is 4.88. The average Bonchev–Trinajstić information content (AvgIpc) is 2.55. The molecule has 0 radical (unpaired) electrons. The Morgan fingerprint density at radius 3 is 2.42 bits per heavy atom. The van der Waals surface area contributed by atoms with Crippen LogP contribution in [-0.4, -0.2) is 18.4 Å². The number of benzene rings is 2. The molecule has 4 nitrogen and oxygen atoms in total. The van der Waals surface area contributed by atoms with Crippen molar-refractivity contribution in [2.24, 2.45) is 0 Å². The lowest BCUT2D eigenvalue weighted by molar-refractivity contribution is -0.126.